The third-order valence-corrected chi connectivity index (χ3v) is 7.58. The first-order valence-corrected chi connectivity index (χ1v) is 14.0. The number of amides is 1. The van der Waals surface area contributed by atoms with Crippen LogP contribution < -0.4 is 5.32 Å². The second-order valence-electron chi connectivity index (χ2n) is 11.4. The van der Waals surface area contributed by atoms with Gasteiger partial charge in [-0.1, -0.05) is 17.7 Å². The van der Waals surface area contributed by atoms with Crippen molar-refractivity contribution in [1.82, 2.24) is 20.1 Å². The van der Waals surface area contributed by atoms with Gasteiger partial charge in [0.15, 0.2) is 11.7 Å². The molecule has 1 unspecified atom stereocenters. The topological polar surface area (TPSA) is 106 Å². The number of aliphatic imine (C=N–C) groups is 1. The van der Waals surface area contributed by atoms with E-state index in [0.29, 0.717) is 38.0 Å². The first kappa shape index (κ1) is 30.8. The van der Waals surface area contributed by atoms with Crippen LogP contribution >= 0.6 is 11.6 Å². The molecule has 1 aromatic heterocycles. The lowest BCUT2D eigenvalue weighted by Gasteiger charge is -2.38. The minimum Gasteiger partial charge on any atom is -0.466 e. The molecule has 0 saturated carbocycles. The summed E-state index contributed by atoms with van der Waals surface area (Å²) >= 11 is 6.41. The molecular weight excluding hydrogens is 591 g/mol. The number of amidine groups is 1. The maximum absolute atomic E-state index is 14.9. The zero-order valence-corrected chi connectivity index (χ0v) is 24.8. The number of hydrogen-bond donors (Lipinski definition) is 1. The van der Waals surface area contributed by atoms with Crippen LogP contribution in [0, 0.1) is 17.5 Å². The molecule has 3 aliphatic heterocycles. The molecule has 43 heavy (non-hydrogen) atoms. The lowest BCUT2D eigenvalue weighted by atomic mass is 9.94. The third kappa shape index (κ3) is 6.63. The quantitative estimate of drug-likeness (QED) is 0.500. The van der Waals surface area contributed by atoms with Crippen LogP contribution in [0.2, 0.25) is 5.02 Å². The Kier molecular flexibility index (Phi) is 8.68. The lowest BCUT2D eigenvalue weighted by Crippen LogP contribution is -2.53. The van der Waals surface area contributed by atoms with Crippen LogP contribution in [-0.2, 0) is 19.0 Å². The van der Waals surface area contributed by atoms with Gasteiger partial charge < -0.3 is 24.4 Å². The van der Waals surface area contributed by atoms with E-state index in [1.165, 1.54) is 19.2 Å². The summed E-state index contributed by atoms with van der Waals surface area (Å²) in [5, 5.41) is 3.00. The van der Waals surface area contributed by atoms with Crippen molar-refractivity contribution in [3.05, 3.63) is 75.5 Å². The maximum atomic E-state index is 14.9. The number of ether oxygens (including phenoxy) is 3. The van der Waals surface area contributed by atoms with E-state index in [0.717, 1.165) is 12.3 Å². The highest BCUT2D eigenvalue weighted by Crippen LogP contribution is 2.37. The van der Waals surface area contributed by atoms with Crippen molar-refractivity contribution in [3.8, 4) is 0 Å². The molecule has 0 spiro atoms. The highest BCUT2D eigenvalue weighted by molar-refractivity contribution is 6.31. The van der Waals surface area contributed by atoms with Gasteiger partial charge in [0.25, 0.3) is 0 Å². The standard InChI is InChI=1S/C29H31ClF3N5O5/c1-29(2,3)43-28(40)38-13-21-22(14-38)42-8-7-37(21)12-20-23(27(39)41-4)24(17-6-5-15(31)9-18(17)30)36-26(35-20)25-19(33)10-16(32)11-34-25/h5-6,9-11,21-22,24H,7-8,12-14H2,1-4H3,(H,35,36)/t21-,22+,24?/m1/s1. The highest BCUT2D eigenvalue weighted by Gasteiger charge is 2.44. The first-order chi connectivity index (χ1) is 20.3. The van der Waals surface area contributed by atoms with Crippen molar-refractivity contribution in [1.29, 1.82) is 0 Å². The van der Waals surface area contributed by atoms with Crippen LogP contribution in [0.4, 0.5) is 18.0 Å². The Bertz CT molecular complexity index is 1500. The molecule has 1 N–H and O–H groups in total. The molecular formula is C29H31ClF3N5O5. The molecule has 14 heteroatoms. The molecule has 0 aliphatic carbocycles. The molecule has 5 rings (SSSR count). The summed E-state index contributed by atoms with van der Waals surface area (Å²) in [4.78, 5) is 38.1. The van der Waals surface area contributed by atoms with E-state index in [1.807, 2.05) is 4.90 Å². The Hall–Kier alpha value is -3.68. The number of nitrogens with one attached hydrogen (secondary N) is 1. The van der Waals surface area contributed by atoms with E-state index < -0.39 is 41.2 Å². The number of hydrogen-bond acceptors (Lipinski definition) is 9. The number of rotatable bonds is 5. The number of likely N-dealkylation sites (tertiary alicyclic amines) is 1. The van der Waals surface area contributed by atoms with E-state index in [1.54, 1.807) is 25.7 Å². The van der Waals surface area contributed by atoms with Gasteiger partial charge in [-0.15, -0.1) is 0 Å². The normalized spacial score (nSPS) is 22.6. The number of morpholine rings is 1. The van der Waals surface area contributed by atoms with Crippen molar-refractivity contribution in [2.45, 2.75) is 44.6 Å². The summed E-state index contributed by atoms with van der Waals surface area (Å²) in [6.07, 6.45) is 0.0608. The number of fused-ring (bicyclic) bond motifs is 1. The number of carbonyl (C=O) groups excluding carboxylic acids is 2. The van der Waals surface area contributed by atoms with E-state index in [2.05, 4.69) is 15.3 Å². The molecule has 1 amide bonds. The van der Waals surface area contributed by atoms with Gasteiger partial charge in [0, 0.05) is 42.0 Å². The minimum atomic E-state index is -1.14. The molecule has 1 aromatic carbocycles. The fourth-order valence-electron chi connectivity index (χ4n) is 5.36. The molecule has 2 aromatic rings. The number of carbonyl (C=O) groups is 2. The number of pyridine rings is 1. The maximum Gasteiger partial charge on any atom is 0.410 e. The summed E-state index contributed by atoms with van der Waals surface area (Å²) in [6.45, 7) is 6.89. The Balaban J connectivity index is 1.54. The van der Waals surface area contributed by atoms with E-state index >= 15 is 0 Å². The van der Waals surface area contributed by atoms with Gasteiger partial charge in [-0.25, -0.2) is 27.7 Å². The summed E-state index contributed by atoms with van der Waals surface area (Å²) < 4.78 is 59.2. The summed E-state index contributed by atoms with van der Waals surface area (Å²) in [7, 11) is 1.21. The van der Waals surface area contributed by atoms with E-state index in [4.69, 9.17) is 25.8 Å². The number of halogens is 4. The van der Waals surface area contributed by atoms with Crippen LogP contribution in [0.1, 0.15) is 38.1 Å². The Morgan fingerprint density at radius 3 is 2.60 bits per heavy atom. The van der Waals surface area contributed by atoms with Gasteiger partial charge in [-0.2, -0.15) is 0 Å². The van der Waals surface area contributed by atoms with Crippen molar-refractivity contribution in [3.63, 3.8) is 0 Å². The molecule has 230 valence electrons. The zero-order valence-electron chi connectivity index (χ0n) is 24.0. The van der Waals surface area contributed by atoms with Crippen LogP contribution in [0.3, 0.4) is 0 Å². The minimum absolute atomic E-state index is 0.0153. The number of aromatic nitrogens is 1. The largest absolute Gasteiger partial charge is 0.466 e. The molecule has 0 bridgehead atoms. The van der Waals surface area contributed by atoms with Crippen LogP contribution in [0.15, 0.2) is 46.7 Å². The SMILES string of the molecule is COC(=O)C1=C(CN2CCO[C@H]3CN(C(=O)OC(C)(C)C)C[C@H]32)NC(c2ncc(F)cc2F)=NC1c1ccc(F)cc1Cl. The Morgan fingerprint density at radius 1 is 1.16 bits per heavy atom. The van der Waals surface area contributed by atoms with Gasteiger partial charge >= 0.3 is 12.1 Å². The Labute approximate surface area is 251 Å². The van der Waals surface area contributed by atoms with Gasteiger partial charge in [0.2, 0.25) is 0 Å². The molecule has 10 nitrogen and oxygen atoms in total. The molecule has 4 heterocycles. The number of nitrogens with zero attached hydrogens (tertiary/aromatic N) is 4. The molecule has 2 fully saturated rings. The average Bonchev–Trinajstić information content (AvgIpc) is 3.37. The molecule has 2 saturated heterocycles. The van der Waals surface area contributed by atoms with Gasteiger partial charge in [-0.05, 0) is 32.9 Å². The lowest BCUT2D eigenvalue weighted by molar-refractivity contribution is -0.136. The van der Waals surface area contributed by atoms with Gasteiger partial charge in [-0.3, -0.25) is 9.89 Å². The van der Waals surface area contributed by atoms with Crippen molar-refractivity contribution in [2.24, 2.45) is 4.99 Å². The number of benzene rings is 1. The molecule has 0 radical (unpaired) electrons. The highest BCUT2D eigenvalue weighted by atomic mass is 35.5. The third-order valence-electron chi connectivity index (χ3n) is 7.25. The first-order valence-electron chi connectivity index (χ1n) is 13.6. The second kappa shape index (κ2) is 12.1. The van der Waals surface area contributed by atoms with Crippen LogP contribution in [0.5, 0.6) is 0 Å². The van der Waals surface area contributed by atoms with Crippen molar-refractivity contribution in [2.75, 3.05) is 39.9 Å². The fraction of sp³-hybridized carbons (Fsp3) is 0.448. The molecule has 3 aliphatic rings. The van der Waals surface area contributed by atoms with E-state index in [9.17, 15) is 22.8 Å². The molecule has 3 atom stereocenters. The Morgan fingerprint density at radius 2 is 1.93 bits per heavy atom. The zero-order chi connectivity index (χ0) is 31.1. The average molecular weight is 622 g/mol. The summed E-state index contributed by atoms with van der Waals surface area (Å²) in [5.41, 5.74) is -0.341. The van der Waals surface area contributed by atoms with Gasteiger partial charge in [0.05, 0.1) is 44.2 Å². The van der Waals surface area contributed by atoms with E-state index in [-0.39, 0.29) is 46.4 Å². The van der Waals surface area contributed by atoms with Crippen molar-refractivity contribution >= 4 is 29.5 Å². The van der Waals surface area contributed by atoms with Crippen molar-refractivity contribution < 1.29 is 37.0 Å². The monoisotopic (exact) mass is 621 g/mol. The predicted molar refractivity (Wildman–Crippen MR) is 150 cm³/mol. The van der Waals surface area contributed by atoms with Crippen LogP contribution in [-0.4, -0.2) is 90.3 Å². The summed E-state index contributed by atoms with van der Waals surface area (Å²) in [5.74, 6) is -3.28. The second-order valence-corrected chi connectivity index (χ2v) is 11.8. The number of esters is 1. The summed E-state index contributed by atoms with van der Waals surface area (Å²) in [6, 6.07) is 2.89. The predicted octanol–water partition coefficient (Wildman–Crippen LogP) is 3.99. The number of methoxy groups -OCH3 is 1. The smallest absolute Gasteiger partial charge is 0.410 e. The van der Waals surface area contributed by atoms with Gasteiger partial charge in [0.1, 0.15) is 29.0 Å². The van der Waals surface area contributed by atoms with Crippen LogP contribution in [0.25, 0.3) is 0 Å². The fourth-order valence-corrected chi connectivity index (χ4v) is 5.63.